The van der Waals surface area contributed by atoms with Crippen LogP contribution in [0.3, 0.4) is 0 Å². The number of benzene rings is 1. The third-order valence-electron chi connectivity index (χ3n) is 3.47. The second-order valence-corrected chi connectivity index (χ2v) is 5.84. The molecule has 0 heterocycles. The lowest BCUT2D eigenvalue weighted by Gasteiger charge is -2.13. The minimum Gasteiger partial charge on any atom is -0.493 e. The summed E-state index contributed by atoms with van der Waals surface area (Å²) in [5, 5.41) is 9.23. The van der Waals surface area contributed by atoms with Gasteiger partial charge in [0.15, 0.2) is 17.5 Å². The molecule has 1 aromatic rings. The lowest BCUT2D eigenvalue weighted by molar-refractivity contribution is -0.121. The van der Waals surface area contributed by atoms with Gasteiger partial charge in [0.25, 0.3) is 0 Å². The molecule has 1 amide bonds. The third kappa shape index (κ3) is 9.12. The van der Waals surface area contributed by atoms with Crippen LogP contribution >= 0.6 is 24.0 Å². The number of carbonyl (C=O) groups is 1. The lowest BCUT2D eigenvalue weighted by Crippen LogP contribution is -2.40. The van der Waals surface area contributed by atoms with E-state index in [1.807, 2.05) is 32.0 Å². The fraction of sp³-hybridized carbons (Fsp3) is 0.556. The minimum atomic E-state index is 0. The van der Waals surface area contributed by atoms with E-state index in [4.69, 9.17) is 9.47 Å². The van der Waals surface area contributed by atoms with Crippen molar-refractivity contribution in [2.75, 3.05) is 34.4 Å². The monoisotopic (exact) mass is 478 g/mol. The molecule has 0 aliphatic heterocycles. The summed E-state index contributed by atoms with van der Waals surface area (Å²) in [4.78, 5) is 15.8. The Morgan fingerprint density at radius 1 is 1.12 bits per heavy atom. The fourth-order valence-electron chi connectivity index (χ4n) is 2.27. The summed E-state index contributed by atoms with van der Waals surface area (Å²) < 4.78 is 10.5. The quantitative estimate of drug-likeness (QED) is 0.287. The number of hydrogen-bond acceptors (Lipinski definition) is 4. The summed E-state index contributed by atoms with van der Waals surface area (Å²) in [5.74, 6) is 2.15. The van der Waals surface area contributed by atoms with Gasteiger partial charge in [0.2, 0.25) is 5.91 Å². The van der Waals surface area contributed by atoms with E-state index < -0.39 is 0 Å². The Balaban J connectivity index is 0.00000625. The van der Waals surface area contributed by atoms with Crippen LogP contribution in [0.1, 0.15) is 25.8 Å². The van der Waals surface area contributed by atoms with Gasteiger partial charge in [0.05, 0.1) is 14.2 Å². The van der Waals surface area contributed by atoms with Gasteiger partial charge in [-0.3, -0.25) is 9.79 Å². The molecule has 0 atom stereocenters. The first-order valence-electron chi connectivity index (χ1n) is 8.45. The molecule has 0 saturated carbocycles. The highest BCUT2D eigenvalue weighted by molar-refractivity contribution is 14.0. The van der Waals surface area contributed by atoms with Crippen molar-refractivity contribution >= 4 is 35.8 Å². The van der Waals surface area contributed by atoms with Crippen molar-refractivity contribution in [3.63, 3.8) is 0 Å². The summed E-state index contributed by atoms with van der Waals surface area (Å²) in [6.45, 7) is 5.14. The summed E-state index contributed by atoms with van der Waals surface area (Å²) in [6, 6.07) is 6.03. The van der Waals surface area contributed by atoms with Gasteiger partial charge in [-0.25, -0.2) is 0 Å². The Morgan fingerprint density at radius 3 is 2.35 bits per heavy atom. The predicted molar refractivity (Wildman–Crippen MR) is 116 cm³/mol. The summed E-state index contributed by atoms with van der Waals surface area (Å²) in [7, 11) is 4.96. The van der Waals surface area contributed by atoms with Crippen LogP contribution in [0.4, 0.5) is 0 Å². The maximum Gasteiger partial charge on any atom is 0.221 e. The van der Waals surface area contributed by atoms with E-state index in [2.05, 4.69) is 20.9 Å². The first-order valence-corrected chi connectivity index (χ1v) is 8.45. The van der Waals surface area contributed by atoms with Gasteiger partial charge >= 0.3 is 0 Å². The van der Waals surface area contributed by atoms with Gasteiger partial charge in [-0.1, -0.05) is 6.07 Å². The fourth-order valence-corrected chi connectivity index (χ4v) is 2.27. The highest BCUT2D eigenvalue weighted by Gasteiger charge is 2.06. The van der Waals surface area contributed by atoms with Crippen LogP contribution in [0.2, 0.25) is 0 Å². The van der Waals surface area contributed by atoms with Crippen LogP contribution in [0.25, 0.3) is 0 Å². The Bertz CT molecular complexity index is 580. The topological polar surface area (TPSA) is 84.0 Å². The predicted octanol–water partition coefficient (Wildman–Crippen LogP) is 1.94. The van der Waals surface area contributed by atoms with Crippen LogP contribution < -0.4 is 25.4 Å². The van der Waals surface area contributed by atoms with Crippen molar-refractivity contribution in [3.8, 4) is 11.5 Å². The molecule has 8 heteroatoms. The number of hydrogen-bond donors (Lipinski definition) is 3. The zero-order valence-corrected chi connectivity index (χ0v) is 18.5. The van der Waals surface area contributed by atoms with Crippen molar-refractivity contribution in [2.24, 2.45) is 4.99 Å². The number of amides is 1. The zero-order valence-electron chi connectivity index (χ0n) is 16.2. The largest absolute Gasteiger partial charge is 0.493 e. The molecule has 0 spiro atoms. The maximum atomic E-state index is 11.6. The number of ether oxygens (including phenoxy) is 2. The molecule has 0 saturated heterocycles. The Hall–Kier alpha value is -1.71. The summed E-state index contributed by atoms with van der Waals surface area (Å²) in [5.41, 5.74) is 1.14. The molecule has 148 valence electrons. The molecule has 0 unspecified atom stereocenters. The van der Waals surface area contributed by atoms with Crippen molar-refractivity contribution in [1.29, 1.82) is 0 Å². The molecule has 0 aromatic heterocycles. The SMILES string of the molecule is CN=C(NCCC(=O)NC(C)C)NCCc1ccc(OC)c(OC)c1.I. The van der Waals surface area contributed by atoms with E-state index in [0.717, 1.165) is 23.5 Å². The molecule has 0 aliphatic rings. The first-order chi connectivity index (χ1) is 12.0. The van der Waals surface area contributed by atoms with Crippen molar-refractivity contribution < 1.29 is 14.3 Å². The van der Waals surface area contributed by atoms with E-state index in [0.29, 0.717) is 25.5 Å². The Morgan fingerprint density at radius 2 is 1.77 bits per heavy atom. The molecule has 7 nitrogen and oxygen atoms in total. The molecule has 0 aliphatic carbocycles. The van der Waals surface area contributed by atoms with Crippen LogP contribution in [-0.2, 0) is 11.2 Å². The van der Waals surface area contributed by atoms with Crippen LogP contribution in [-0.4, -0.2) is 52.3 Å². The second-order valence-electron chi connectivity index (χ2n) is 5.84. The normalized spacial score (nSPS) is 10.8. The number of rotatable bonds is 9. The molecular weight excluding hydrogens is 447 g/mol. The molecule has 1 rings (SSSR count). The second kappa shape index (κ2) is 13.5. The van der Waals surface area contributed by atoms with E-state index in [1.54, 1.807) is 21.3 Å². The lowest BCUT2D eigenvalue weighted by atomic mass is 10.1. The van der Waals surface area contributed by atoms with Crippen LogP contribution in [0.5, 0.6) is 11.5 Å². The highest BCUT2D eigenvalue weighted by Crippen LogP contribution is 2.27. The minimum absolute atomic E-state index is 0. The third-order valence-corrected chi connectivity index (χ3v) is 3.47. The van der Waals surface area contributed by atoms with E-state index in [1.165, 1.54) is 0 Å². The molecule has 1 aromatic carbocycles. The first kappa shape index (κ1) is 24.3. The van der Waals surface area contributed by atoms with Crippen molar-refractivity contribution in [1.82, 2.24) is 16.0 Å². The van der Waals surface area contributed by atoms with Crippen molar-refractivity contribution in [3.05, 3.63) is 23.8 Å². The van der Waals surface area contributed by atoms with Crippen LogP contribution in [0.15, 0.2) is 23.2 Å². The van der Waals surface area contributed by atoms with Gasteiger partial charge in [-0.05, 0) is 38.0 Å². The van der Waals surface area contributed by atoms with Gasteiger partial charge in [-0.2, -0.15) is 0 Å². The average Bonchev–Trinajstić information content (AvgIpc) is 2.59. The summed E-state index contributed by atoms with van der Waals surface area (Å²) >= 11 is 0. The van der Waals surface area contributed by atoms with E-state index in [9.17, 15) is 4.79 Å². The molecule has 0 bridgehead atoms. The maximum absolute atomic E-state index is 11.6. The number of halogens is 1. The molecule has 0 fully saturated rings. The number of aliphatic imine (C=N–C) groups is 1. The van der Waals surface area contributed by atoms with Gasteiger partial charge in [0, 0.05) is 32.6 Å². The van der Waals surface area contributed by atoms with Gasteiger partial charge in [-0.15, -0.1) is 24.0 Å². The van der Waals surface area contributed by atoms with Gasteiger partial charge < -0.3 is 25.4 Å². The van der Waals surface area contributed by atoms with Crippen LogP contribution in [0, 0.1) is 0 Å². The van der Waals surface area contributed by atoms with E-state index >= 15 is 0 Å². The average molecular weight is 478 g/mol. The number of guanidine groups is 1. The molecule has 26 heavy (non-hydrogen) atoms. The number of methoxy groups -OCH3 is 2. The summed E-state index contributed by atoms with van der Waals surface area (Å²) in [6.07, 6.45) is 1.23. The number of nitrogens with zero attached hydrogens (tertiary/aromatic N) is 1. The molecule has 3 N–H and O–H groups in total. The Kier molecular flexibility index (Phi) is 12.6. The number of carbonyl (C=O) groups excluding carboxylic acids is 1. The smallest absolute Gasteiger partial charge is 0.221 e. The standard InChI is InChI=1S/C18H30N4O3.HI/c1-13(2)22-17(23)9-11-21-18(19-3)20-10-8-14-6-7-15(24-4)16(12-14)25-5;/h6-7,12-13H,8-11H2,1-5H3,(H,22,23)(H2,19,20,21);1H. The number of nitrogens with one attached hydrogen (secondary N) is 3. The zero-order chi connectivity index (χ0) is 18.7. The van der Waals surface area contributed by atoms with Gasteiger partial charge in [0.1, 0.15) is 0 Å². The molecular formula is C18H31IN4O3. The highest BCUT2D eigenvalue weighted by atomic mass is 127. The van der Waals surface area contributed by atoms with Crippen molar-refractivity contribution in [2.45, 2.75) is 32.7 Å². The van der Waals surface area contributed by atoms with E-state index in [-0.39, 0.29) is 35.9 Å². The Labute approximate surface area is 173 Å². The molecule has 0 radical (unpaired) electrons.